The van der Waals surface area contributed by atoms with Crippen molar-refractivity contribution < 1.29 is 19.4 Å². The average molecular weight is 252 g/mol. The van der Waals surface area contributed by atoms with Crippen LogP contribution in [0.5, 0.6) is 5.75 Å². The third-order valence-electron chi connectivity index (χ3n) is 2.29. The van der Waals surface area contributed by atoms with E-state index in [-0.39, 0.29) is 12.2 Å². The summed E-state index contributed by atoms with van der Waals surface area (Å²) >= 11 is 0. The molecule has 0 bridgehead atoms. The van der Waals surface area contributed by atoms with Crippen molar-refractivity contribution in [3.05, 3.63) is 29.8 Å². The summed E-state index contributed by atoms with van der Waals surface area (Å²) in [4.78, 5) is 23.8. The van der Waals surface area contributed by atoms with E-state index in [4.69, 9.17) is 5.73 Å². The van der Waals surface area contributed by atoms with Crippen molar-refractivity contribution in [2.45, 2.75) is 12.5 Å². The van der Waals surface area contributed by atoms with Gasteiger partial charge in [-0.1, -0.05) is 18.2 Å². The van der Waals surface area contributed by atoms with Crippen molar-refractivity contribution in [3.8, 4) is 5.75 Å². The van der Waals surface area contributed by atoms with E-state index in [0.717, 1.165) is 4.90 Å². The van der Waals surface area contributed by atoms with Crippen LogP contribution >= 0.6 is 0 Å². The molecule has 1 amide bonds. The normalized spacial score (nSPS) is 11.7. The third kappa shape index (κ3) is 3.74. The lowest BCUT2D eigenvalue weighted by Gasteiger charge is -2.13. The van der Waals surface area contributed by atoms with Crippen LogP contribution in [0.4, 0.5) is 4.79 Å². The first-order chi connectivity index (χ1) is 8.41. The molecule has 1 aromatic rings. The van der Waals surface area contributed by atoms with Gasteiger partial charge in [0.25, 0.3) is 0 Å². The number of phenolic OH excluding ortho intramolecular Hbond substituents is 1. The molecule has 0 aromatic heterocycles. The minimum Gasteiger partial charge on any atom is -0.508 e. The smallest absolute Gasteiger partial charge is 0.417 e. The van der Waals surface area contributed by atoms with Crippen LogP contribution in [0.3, 0.4) is 0 Å². The van der Waals surface area contributed by atoms with Gasteiger partial charge in [0.1, 0.15) is 11.8 Å². The minimum atomic E-state index is -0.998. The van der Waals surface area contributed by atoms with E-state index < -0.39 is 18.1 Å². The number of hydrogen-bond acceptors (Lipinski definition) is 5. The van der Waals surface area contributed by atoms with Crippen molar-refractivity contribution in [2.24, 2.45) is 5.73 Å². The maximum absolute atomic E-state index is 11.5. The molecular formula is C12H16N2O4. The predicted octanol–water partition coefficient (Wildman–Crippen LogP) is 0.487. The van der Waals surface area contributed by atoms with Crippen LogP contribution in [0.15, 0.2) is 24.3 Å². The van der Waals surface area contributed by atoms with Gasteiger partial charge in [-0.3, -0.25) is 0 Å². The van der Waals surface area contributed by atoms with Crippen molar-refractivity contribution in [1.29, 1.82) is 0 Å². The predicted molar refractivity (Wildman–Crippen MR) is 65.0 cm³/mol. The fraction of sp³-hybridized carbons (Fsp3) is 0.333. The zero-order valence-electron chi connectivity index (χ0n) is 10.3. The molecule has 1 atom stereocenters. The fourth-order valence-electron chi connectivity index (χ4n) is 1.26. The van der Waals surface area contributed by atoms with Gasteiger partial charge in [0.05, 0.1) is 0 Å². The summed E-state index contributed by atoms with van der Waals surface area (Å²) in [6, 6.07) is 5.53. The molecule has 98 valence electrons. The van der Waals surface area contributed by atoms with Crippen LogP contribution in [0.1, 0.15) is 5.56 Å². The van der Waals surface area contributed by atoms with Gasteiger partial charge in [-0.25, -0.2) is 9.59 Å². The molecule has 0 fully saturated rings. The van der Waals surface area contributed by atoms with Crippen LogP contribution in [0.25, 0.3) is 0 Å². The molecule has 6 nitrogen and oxygen atoms in total. The Balaban J connectivity index is 2.61. The minimum absolute atomic E-state index is 0.0553. The highest BCUT2D eigenvalue weighted by atomic mass is 16.6. The third-order valence-corrected chi connectivity index (χ3v) is 2.29. The summed E-state index contributed by atoms with van der Waals surface area (Å²) in [5, 5.41) is 9.53. The Morgan fingerprint density at radius 3 is 2.56 bits per heavy atom. The molecule has 0 radical (unpaired) electrons. The number of nitrogens with zero attached hydrogens (tertiary/aromatic N) is 1. The van der Waals surface area contributed by atoms with E-state index in [1.807, 2.05) is 0 Å². The molecular weight excluding hydrogens is 236 g/mol. The van der Waals surface area contributed by atoms with Crippen LogP contribution < -0.4 is 5.73 Å². The molecule has 0 aliphatic carbocycles. The highest BCUT2D eigenvalue weighted by molar-refractivity contribution is 5.87. The molecule has 1 unspecified atom stereocenters. The summed E-state index contributed by atoms with van der Waals surface area (Å²) in [6.07, 6.45) is -0.667. The van der Waals surface area contributed by atoms with Gasteiger partial charge in [0, 0.05) is 20.5 Å². The lowest BCUT2D eigenvalue weighted by Crippen LogP contribution is -2.38. The zero-order chi connectivity index (χ0) is 13.7. The number of para-hydroxylation sites is 1. The number of hydrogen-bond donors (Lipinski definition) is 2. The van der Waals surface area contributed by atoms with E-state index >= 15 is 0 Å². The molecule has 0 aliphatic heterocycles. The Morgan fingerprint density at radius 2 is 2.00 bits per heavy atom. The molecule has 3 N–H and O–H groups in total. The molecule has 0 spiro atoms. The Hall–Kier alpha value is -2.08. The van der Waals surface area contributed by atoms with Crippen LogP contribution in [-0.4, -0.2) is 42.2 Å². The maximum Gasteiger partial charge on any atom is 0.417 e. The first-order valence-corrected chi connectivity index (χ1v) is 5.37. The number of amides is 1. The van der Waals surface area contributed by atoms with Gasteiger partial charge in [-0.2, -0.15) is 0 Å². The zero-order valence-corrected chi connectivity index (χ0v) is 10.3. The monoisotopic (exact) mass is 252 g/mol. The second-order valence-corrected chi connectivity index (χ2v) is 4.02. The van der Waals surface area contributed by atoms with E-state index in [1.54, 1.807) is 18.2 Å². The summed E-state index contributed by atoms with van der Waals surface area (Å²) in [5.41, 5.74) is 6.14. The van der Waals surface area contributed by atoms with E-state index in [9.17, 15) is 14.7 Å². The number of nitrogens with two attached hydrogens (primary N) is 1. The Labute approximate surface area is 105 Å². The van der Waals surface area contributed by atoms with Gasteiger partial charge in [0.2, 0.25) is 0 Å². The van der Waals surface area contributed by atoms with Crippen LogP contribution in [0, 0.1) is 0 Å². The number of carbonyl (C=O) groups excluding carboxylic acids is 2. The molecule has 1 rings (SSSR count). The largest absolute Gasteiger partial charge is 0.508 e. The number of phenols is 1. The standard InChI is InChI=1S/C12H16N2O4/c1-14(2)12(17)18-11(16)9(13)7-8-5-3-4-6-10(8)15/h3-6,9,15H,7,13H2,1-2H3. The lowest BCUT2D eigenvalue weighted by atomic mass is 10.1. The van der Waals surface area contributed by atoms with Gasteiger partial charge in [-0.05, 0) is 11.6 Å². The quantitative estimate of drug-likeness (QED) is 0.603. The average Bonchev–Trinajstić information content (AvgIpc) is 2.31. The Morgan fingerprint density at radius 1 is 1.39 bits per heavy atom. The Bertz CT molecular complexity index is 445. The number of rotatable bonds is 3. The van der Waals surface area contributed by atoms with Crippen molar-refractivity contribution >= 4 is 12.1 Å². The topological polar surface area (TPSA) is 92.9 Å². The SMILES string of the molecule is CN(C)C(=O)OC(=O)C(N)Cc1ccccc1O. The Kier molecular flexibility index (Phi) is 4.67. The van der Waals surface area contributed by atoms with Crippen molar-refractivity contribution in [2.75, 3.05) is 14.1 Å². The highest BCUT2D eigenvalue weighted by Gasteiger charge is 2.21. The van der Waals surface area contributed by atoms with Gasteiger partial charge in [-0.15, -0.1) is 0 Å². The van der Waals surface area contributed by atoms with Crippen molar-refractivity contribution in [3.63, 3.8) is 0 Å². The second kappa shape index (κ2) is 6.02. The number of carbonyl (C=O) groups is 2. The van der Waals surface area contributed by atoms with Crippen molar-refractivity contribution in [1.82, 2.24) is 4.90 Å². The first kappa shape index (κ1) is 14.0. The molecule has 6 heteroatoms. The lowest BCUT2D eigenvalue weighted by molar-refractivity contribution is -0.139. The van der Waals surface area contributed by atoms with E-state index in [2.05, 4.69) is 4.74 Å². The van der Waals surface area contributed by atoms with Gasteiger partial charge < -0.3 is 20.5 Å². The number of aromatic hydroxyl groups is 1. The summed E-state index contributed by atoms with van der Waals surface area (Å²) in [7, 11) is 2.92. The second-order valence-electron chi connectivity index (χ2n) is 4.02. The fourth-order valence-corrected chi connectivity index (χ4v) is 1.26. The molecule has 1 aromatic carbocycles. The first-order valence-electron chi connectivity index (χ1n) is 5.37. The number of esters is 1. The number of benzene rings is 1. The molecule has 0 heterocycles. The highest BCUT2D eigenvalue weighted by Crippen LogP contribution is 2.17. The van der Waals surface area contributed by atoms with E-state index in [1.165, 1.54) is 20.2 Å². The van der Waals surface area contributed by atoms with Crippen LogP contribution in [-0.2, 0) is 16.0 Å². The van der Waals surface area contributed by atoms with Crippen LogP contribution in [0.2, 0.25) is 0 Å². The van der Waals surface area contributed by atoms with Gasteiger partial charge in [0.15, 0.2) is 0 Å². The van der Waals surface area contributed by atoms with Gasteiger partial charge >= 0.3 is 12.1 Å². The molecule has 0 saturated heterocycles. The summed E-state index contributed by atoms with van der Waals surface area (Å²) in [6.45, 7) is 0. The summed E-state index contributed by atoms with van der Waals surface area (Å²) < 4.78 is 4.53. The number of ether oxygens (including phenoxy) is 1. The van der Waals surface area contributed by atoms with E-state index in [0.29, 0.717) is 5.56 Å². The molecule has 0 saturated carbocycles. The molecule has 18 heavy (non-hydrogen) atoms. The summed E-state index contributed by atoms with van der Waals surface area (Å²) in [5.74, 6) is -0.767. The maximum atomic E-state index is 11.5. The molecule has 0 aliphatic rings.